The fourth-order valence-corrected chi connectivity index (χ4v) is 5.61. The smallest absolute Gasteiger partial charge is 0.243 e. The van der Waals surface area contributed by atoms with Gasteiger partial charge in [-0.1, -0.05) is 6.92 Å². The average Bonchev–Trinajstić information content (AvgIpc) is 2.75. The number of nitrogens with one attached hydrogen (secondary N) is 1. The van der Waals surface area contributed by atoms with Crippen molar-refractivity contribution in [1.29, 1.82) is 5.26 Å². The highest BCUT2D eigenvalue weighted by Gasteiger charge is 2.33. The number of sulfonamides is 1. The Kier molecular flexibility index (Phi) is 7.28. The van der Waals surface area contributed by atoms with E-state index in [1.165, 1.54) is 28.6 Å². The zero-order valence-corrected chi connectivity index (χ0v) is 17.8. The van der Waals surface area contributed by atoms with Crippen molar-refractivity contribution in [2.24, 2.45) is 5.92 Å². The van der Waals surface area contributed by atoms with Crippen LogP contribution in [-0.2, 0) is 14.8 Å². The Balaban J connectivity index is 1.49. The number of benzene rings is 1. The third kappa shape index (κ3) is 5.35. The first-order chi connectivity index (χ1) is 13.9. The van der Waals surface area contributed by atoms with E-state index >= 15 is 0 Å². The molecule has 0 saturated carbocycles. The fourth-order valence-electron chi connectivity index (χ4n) is 4.15. The maximum Gasteiger partial charge on any atom is 0.243 e. The van der Waals surface area contributed by atoms with E-state index in [4.69, 9.17) is 5.26 Å². The van der Waals surface area contributed by atoms with Crippen LogP contribution in [0.1, 0.15) is 44.6 Å². The van der Waals surface area contributed by atoms with E-state index in [2.05, 4.69) is 17.1 Å². The molecule has 0 bridgehead atoms. The molecule has 0 radical (unpaired) electrons. The summed E-state index contributed by atoms with van der Waals surface area (Å²) < 4.78 is 27.0. The van der Waals surface area contributed by atoms with Crippen molar-refractivity contribution < 1.29 is 13.2 Å². The van der Waals surface area contributed by atoms with Gasteiger partial charge in [0, 0.05) is 38.1 Å². The van der Waals surface area contributed by atoms with Gasteiger partial charge in [-0.05, 0) is 62.9 Å². The molecule has 3 rings (SSSR count). The lowest BCUT2D eigenvalue weighted by Crippen LogP contribution is -2.48. The van der Waals surface area contributed by atoms with Crippen LogP contribution in [0.5, 0.6) is 0 Å². The fraction of sp³-hybridized carbons (Fsp3) is 0.619. The number of hydrogen-bond acceptors (Lipinski definition) is 5. The van der Waals surface area contributed by atoms with Crippen LogP contribution in [0.2, 0.25) is 0 Å². The van der Waals surface area contributed by atoms with Gasteiger partial charge in [0.25, 0.3) is 0 Å². The molecule has 2 heterocycles. The molecule has 29 heavy (non-hydrogen) atoms. The first-order valence-electron chi connectivity index (χ1n) is 10.5. The van der Waals surface area contributed by atoms with Crippen molar-refractivity contribution in [1.82, 2.24) is 14.5 Å². The van der Waals surface area contributed by atoms with Crippen LogP contribution in [-0.4, -0.2) is 62.3 Å². The van der Waals surface area contributed by atoms with Crippen molar-refractivity contribution >= 4 is 15.9 Å². The molecular weight excluding hydrogens is 388 g/mol. The lowest BCUT2D eigenvalue weighted by atomic mass is 9.96. The predicted molar refractivity (Wildman–Crippen MR) is 111 cm³/mol. The molecule has 1 aromatic carbocycles. The van der Waals surface area contributed by atoms with Gasteiger partial charge in [-0.25, -0.2) is 8.42 Å². The highest BCUT2D eigenvalue weighted by molar-refractivity contribution is 7.89. The molecule has 2 aliphatic heterocycles. The van der Waals surface area contributed by atoms with Crippen molar-refractivity contribution in [3.05, 3.63) is 29.8 Å². The van der Waals surface area contributed by atoms with E-state index in [-0.39, 0.29) is 22.8 Å². The standard InChI is InChI=1S/C21H30N4O3S/c1-2-11-24-12-9-19(10-13-24)23-21(26)18-7-14-25(15-8-18)29(27,28)20-5-3-17(16-22)4-6-20/h3-6,18-19H,2,7-15H2,1H3,(H,23,26). The van der Waals surface area contributed by atoms with Gasteiger partial charge in [0.15, 0.2) is 0 Å². The molecule has 7 nitrogen and oxygen atoms in total. The van der Waals surface area contributed by atoms with Crippen molar-refractivity contribution in [3.8, 4) is 6.07 Å². The molecule has 8 heteroatoms. The summed E-state index contributed by atoms with van der Waals surface area (Å²) in [6.07, 6.45) is 4.20. The average molecular weight is 419 g/mol. The molecule has 0 unspecified atom stereocenters. The third-order valence-electron chi connectivity index (χ3n) is 5.92. The number of nitriles is 1. The Hall–Kier alpha value is -1.95. The Morgan fingerprint density at radius 1 is 1.10 bits per heavy atom. The summed E-state index contributed by atoms with van der Waals surface area (Å²) in [6, 6.07) is 8.19. The molecule has 0 atom stereocenters. The van der Waals surface area contributed by atoms with Crippen molar-refractivity contribution in [3.63, 3.8) is 0 Å². The Morgan fingerprint density at radius 2 is 1.72 bits per heavy atom. The topological polar surface area (TPSA) is 93.5 Å². The quantitative estimate of drug-likeness (QED) is 0.762. The Morgan fingerprint density at radius 3 is 2.28 bits per heavy atom. The van der Waals surface area contributed by atoms with Gasteiger partial charge < -0.3 is 10.2 Å². The molecule has 1 N–H and O–H groups in total. The van der Waals surface area contributed by atoms with E-state index in [0.29, 0.717) is 31.5 Å². The predicted octanol–water partition coefficient (Wildman–Crippen LogP) is 1.95. The summed E-state index contributed by atoms with van der Waals surface area (Å²) in [6.45, 7) is 6.04. The van der Waals surface area contributed by atoms with Gasteiger partial charge in [-0.15, -0.1) is 0 Å². The van der Waals surface area contributed by atoms with E-state index in [9.17, 15) is 13.2 Å². The van der Waals surface area contributed by atoms with Crippen LogP contribution in [0.3, 0.4) is 0 Å². The summed E-state index contributed by atoms with van der Waals surface area (Å²) in [4.78, 5) is 15.3. The molecule has 2 aliphatic rings. The largest absolute Gasteiger partial charge is 0.353 e. The number of amides is 1. The van der Waals surface area contributed by atoms with Gasteiger partial charge >= 0.3 is 0 Å². The summed E-state index contributed by atoms with van der Waals surface area (Å²) in [5.74, 6) is -0.0644. The second-order valence-electron chi connectivity index (χ2n) is 7.94. The number of rotatable bonds is 6. The molecule has 1 aromatic rings. The maximum atomic E-state index is 12.8. The summed E-state index contributed by atoms with van der Waals surface area (Å²) in [7, 11) is -3.59. The maximum absolute atomic E-state index is 12.8. The first-order valence-corrected chi connectivity index (χ1v) is 11.9. The van der Waals surface area contributed by atoms with Crippen LogP contribution in [0.4, 0.5) is 0 Å². The second-order valence-corrected chi connectivity index (χ2v) is 9.88. The molecular formula is C21H30N4O3S. The van der Waals surface area contributed by atoms with Gasteiger partial charge in [-0.2, -0.15) is 9.57 Å². The van der Waals surface area contributed by atoms with Crippen LogP contribution < -0.4 is 5.32 Å². The number of carbonyl (C=O) groups is 1. The molecule has 0 spiro atoms. The minimum Gasteiger partial charge on any atom is -0.353 e. The van der Waals surface area contributed by atoms with Crippen LogP contribution in [0.25, 0.3) is 0 Å². The zero-order valence-electron chi connectivity index (χ0n) is 17.0. The number of carbonyl (C=O) groups excluding carboxylic acids is 1. The third-order valence-corrected chi connectivity index (χ3v) is 7.83. The van der Waals surface area contributed by atoms with Crippen molar-refractivity contribution in [2.75, 3.05) is 32.7 Å². The normalized spacial score (nSPS) is 20.3. The number of piperidine rings is 2. The zero-order chi connectivity index (χ0) is 20.9. The van der Waals surface area contributed by atoms with E-state index < -0.39 is 10.0 Å². The Bertz CT molecular complexity index is 832. The minimum atomic E-state index is -3.59. The highest BCUT2D eigenvalue weighted by atomic mass is 32.2. The van der Waals surface area contributed by atoms with Crippen LogP contribution in [0.15, 0.2) is 29.2 Å². The summed E-state index contributed by atoms with van der Waals surface area (Å²) >= 11 is 0. The Labute approximate surface area is 173 Å². The van der Waals surface area contributed by atoms with Crippen LogP contribution >= 0.6 is 0 Å². The lowest BCUT2D eigenvalue weighted by Gasteiger charge is -2.34. The van der Waals surface area contributed by atoms with Gasteiger partial charge in [-0.3, -0.25) is 4.79 Å². The van der Waals surface area contributed by atoms with E-state index in [0.717, 1.165) is 38.9 Å². The number of nitrogens with zero attached hydrogens (tertiary/aromatic N) is 3. The van der Waals surface area contributed by atoms with Gasteiger partial charge in [0.1, 0.15) is 0 Å². The summed E-state index contributed by atoms with van der Waals surface area (Å²) in [5.41, 5.74) is 0.430. The van der Waals surface area contributed by atoms with Crippen LogP contribution in [0, 0.1) is 17.2 Å². The monoisotopic (exact) mass is 418 g/mol. The second kappa shape index (κ2) is 9.70. The lowest BCUT2D eigenvalue weighted by molar-refractivity contribution is -0.127. The van der Waals surface area contributed by atoms with Crippen molar-refractivity contribution in [2.45, 2.75) is 50.0 Å². The first kappa shape index (κ1) is 21.8. The molecule has 158 valence electrons. The van der Waals surface area contributed by atoms with E-state index in [1.807, 2.05) is 6.07 Å². The number of likely N-dealkylation sites (tertiary alicyclic amines) is 1. The SMILES string of the molecule is CCCN1CCC(NC(=O)C2CCN(S(=O)(=O)c3ccc(C#N)cc3)CC2)CC1. The molecule has 1 amide bonds. The minimum absolute atomic E-state index is 0.0642. The molecule has 0 aromatic heterocycles. The highest BCUT2D eigenvalue weighted by Crippen LogP contribution is 2.24. The molecule has 2 fully saturated rings. The molecule has 0 aliphatic carbocycles. The van der Waals surface area contributed by atoms with Gasteiger partial charge in [0.05, 0.1) is 16.5 Å². The van der Waals surface area contributed by atoms with E-state index in [1.54, 1.807) is 0 Å². The summed E-state index contributed by atoms with van der Waals surface area (Å²) in [5, 5.41) is 12.1. The molecule has 2 saturated heterocycles. The van der Waals surface area contributed by atoms with Gasteiger partial charge in [0.2, 0.25) is 15.9 Å². The number of hydrogen-bond donors (Lipinski definition) is 1.